The molecule has 1 aliphatic carbocycles. The zero-order valence-electron chi connectivity index (χ0n) is 12.6. The van der Waals surface area contributed by atoms with Crippen molar-refractivity contribution in [2.75, 3.05) is 12.4 Å². The van der Waals surface area contributed by atoms with E-state index in [1.54, 1.807) is 19.2 Å². The van der Waals surface area contributed by atoms with Gasteiger partial charge >= 0.3 is 0 Å². The summed E-state index contributed by atoms with van der Waals surface area (Å²) in [6.45, 7) is 0. The van der Waals surface area contributed by atoms with E-state index >= 15 is 0 Å². The number of anilines is 1. The van der Waals surface area contributed by atoms with Crippen molar-refractivity contribution in [2.45, 2.75) is 19.3 Å². The van der Waals surface area contributed by atoms with Gasteiger partial charge in [0.15, 0.2) is 0 Å². The average molecular weight is 293 g/mol. The number of carbonyl (C=O) groups excluding carboxylic acids is 1. The molecule has 0 aliphatic heterocycles. The molecule has 0 spiro atoms. The number of hydrogen-bond donors (Lipinski definition) is 1. The van der Waals surface area contributed by atoms with Crippen molar-refractivity contribution in [3.05, 3.63) is 65.7 Å². The molecule has 0 heterocycles. The van der Waals surface area contributed by atoms with Crippen LogP contribution in [0.4, 0.5) is 5.69 Å². The molecule has 3 nitrogen and oxygen atoms in total. The summed E-state index contributed by atoms with van der Waals surface area (Å²) in [5.41, 5.74) is 3.82. The maximum Gasteiger partial charge on any atom is 0.259 e. The molecule has 112 valence electrons. The Hall–Kier alpha value is -2.55. The second kappa shape index (κ2) is 6.48. The van der Waals surface area contributed by atoms with Crippen LogP contribution in [0.25, 0.3) is 5.57 Å². The first-order valence-electron chi connectivity index (χ1n) is 7.52. The Morgan fingerprint density at radius 2 is 1.86 bits per heavy atom. The standard InChI is InChI=1S/C19H19NO2/c1-22-18-13-7-5-11-16(18)19(21)20-17-12-6-4-10-15(17)14-8-2-3-9-14/h4-8,10-13H,2-3,9H2,1H3,(H,20,21). The van der Waals surface area contributed by atoms with Gasteiger partial charge in [0.05, 0.1) is 12.7 Å². The maximum absolute atomic E-state index is 12.6. The SMILES string of the molecule is COc1ccccc1C(=O)Nc1ccccc1C1=CCCC1. The van der Waals surface area contributed by atoms with Gasteiger partial charge in [0.25, 0.3) is 5.91 Å². The number of methoxy groups -OCH3 is 1. The molecule has 3 rings (SSSR count). The number of para-hydroxylation sites is 2. The van der Waals surface area contributed by atoms with Crippen LogP contribution in [-0.2, 0) is 0 Å². The summed E-state index contributed by atoms with van der Waals surface area (Å²) in [6, 6.07) is 15.2. The number of carbonyl (C=O) groups is 1. The first kappa shape index (κ1) is 14.4. The predicted octanol–water partition coefficient (Wildman–Crippen LogP) is 4.51. The number of rotatable bonds is 4. The summed E-state index contributed by atoms with van der Waals surface area (Å²) >= 11 is 0. The minimum atomic E-state index is -0.150. The van der Waals surface area contributed by atoms with Crippen LogP contribution >= 0.6 is 0 Å². The average Bonchev–Trinajstić information content (AvgIpc) is 3.09. The number of allylic oxidation sites excluding steroid dienone is 2. The minimum Gasteiger partial charge on any atom is -0.496 e. The van der Waals surface area contributed by atoms with E-state index < -0.39 is 0 Å². The van der Waals surface area contributed by atoms with Crippen LogP contribution < -0.4 is 10.1 Å². The monoisotopic (exact) mass is 293 g/mol. The highest BCUT2D eigenvalue weighted by atomic mass is 16.5. The fraction of sp³-hybridized carbons (Fsp3) is 0.211. The summed E-state index contributed by atoms with van der Waals surface area (Å²) < 4.78 is 5.26. The van der Waals surface area contributed by atoms with Gasteiger partial charge in [-0.1, -0.05) is 36.4 Å². The van der Waals surface area contributed by atoms with Crippen LogP contribution in [-0.4, -0.2) is 13.0 Å². The van der Waals surface area contributed by atoms with Crippen molar-refractivity contribution >= 4 is 17.2 Å². The molecule has 0 bridgehead atoms. The molecule has 2 aromatic carbocycles. The van der Waals surface area contributed by atoms with Crippen LogP contribution in [0.1, 0.15) is 35.2 Å². The number of amides is 1. The van der Waals surface area contributed by atoms with Crippen molar-refractivity contribution in [1.29, 1.82) is 0 Å². The maximum atomic E-state index is 12.6. The summed E-state index contributed by atoms with van der Waals surface area (Å²) in [4.78, 5) is 12.6. The lowest BCUT2D eigenvalue weighted by molar-refractivity contribution is 0.102. The lowest BCUT2D eigenvalue weighted by Crippen LogP contribution is -2.14. The summed E-state index contributed by atoms with van der Waals surface area (Å²) in [6.07, 6.45) is 5.63. The van der Waals surface area contributed by atoms with Gasteiger partial charge in [-0.25, -0.2) is 0 Å². The third-order valence-corrected chi connectivity index (χ3v) is 3.91. The number of hydrogen-bond acceptors (Lipinski definition) is 2. The quantitative estimate of drug-likeness (QED) is 0.900. The van der Waals surface area contributed by atoms with Gasteiger partial charge in [-0.2, -0.15) is 0 Å². The molecule has 2 aromatic rings. The third-order valence-electron chi connectivity index (χ3n) is 3.91. The van der Waals surface area contributed by atoms with E-state index in [9.17, 15) is 4.79 Å². The Morgan fingerprint density at radius 1 is 1.09 bits per heavy atom. The molecule has 0 unspecified atom stereocenters. The van der Waals surface area contributed by atoms with Crippen molar-refractivity contribution in [3.8, 4) is 5.75 Å². The number of ether oxygens (including phenoxy) is 1. The van der Waals surface area contributed by atoms with E-state index in [0.29, 0.717) is 11.3 Å². The van der Waals surface area contributed by atoms with E-state index in [4.69, 9.17) is 4.74 Å². The Bertz CT molecular complexity index is 719. The molecule has 1 N–H and O–H groups in total. The van der Waals surface area contributed by atoms with Crippen molar-refractivity contribution < 1.29 is 9.53 Å². The van der Waals surface area contributed by atoms with Crippen LogP contribution in [0, 0.1) is 0 Å². The number of benzene rings is 2. The minimum absolute atomic E-state index is 0.150. The van der Waals surface area contributed by atoms with E-state index in [1.807, 2.05) is 30.3 Å². The molecule has 0 saturated heterocycles. The Morgan fingerprint density at radius 3 is 2.64 bits per heavy atom. The summed E-state index contributed by atoms with van der Waals surface area (Å²) in [7, 11) is 1.57. The van der Waals surface area contributed by atoms with E-state index in [1.165, 1.54) is 12.0 Å². The fourth-order valence-electron chi connectivity index (χ4n) is 2.81. The first-order chi connectivity index (χ1) is 10.8. The molecular weight excluding hydrogens is 274 g/mol. The van der Waals surface area contributed by atoms with E-state index in [2.05, 4.69) is 17.5 Å². The van der Waals surface area contributed by atoms with Crippen molar-refractivity contribution in [1.82, 2.24) is 0 Å². The van der Waals surface area contributed by atoms with Gasteiger partial charge in [-0.15, -0.1) is 0 Å². The van der Waals surface area contributed by atoms with Crippen LogP contribution in [0.3, 0.4) is 0 Å². The normalized spacial score (nSPS) is 13.6. The molecule has 3 heteroatoms. The highest BCUT2D eigenvalue weighted by Crippen LogP contribution is 2.32. The van der Waals surface area contributed by atoms with Gasteiger partial charge in [0.1, 0.15) is 5.75 Å². The molecule has 1 aliphatic rings. The second-order valence-electron chi connectivity index (χ2n) is 5.32. The molecule has 0 atom stereocenters. The third kappa shape index (κ3) is 2.89. The second-order valence-corrected chi connectivity index (χ2v) is 5.32. The zero-order valence-corrected chi connectivity index (χ0v) is 12.6. The Kier molecular flexibility index (Phi) is 4.24. The highest BCUT2D eigenvalue weighted by Gasteiger charge is 2.15. The van der Waals surface area contributed by atoms with E-state index in [-0.39, 0.29) is 5.91 Å². The zero-order chi connectivity index (χ0) is 15.4. The van der Waals surface area contributed by atoms with E-state index in [0.717, 1.165) is 24.1 Å². The van der Waals surface area contributed by atoms with Gasteiger partial charge in [0, 0.05) is 11.3 Å². The summed E-state index contributed by atoms with van der Waals surface area (Å²) in [5, 5.41) is 3.02. The molecule has 22 heavy (non-hydrogen) atoms. The van der Waals surface area contributed by atoms with Gasteiger partial charge in [-0.05, 0) is 43.0 Å². The van der Waals surface area contributed by atoms with Crippen molar-refractivity contribution in [3.63, 3.8) is 0 Å². The largest absolute Gasteiger partial charge is 0.496 e. The van der Waals surface area contributed by atoms with Crippen LogP contribution in [0.5, 0.6) is 5.75 Å². The first-order valence-corrected chi connectivity index (χ1v) is 7.52. The Labute approximate surface area is 130 Å². The highest BCUT2D eigenvalue weighted by molar-refractivity contribution is 6.07. The van der Waals surface area contributed by atoms with Crippen LogP contribution in [0.15, 0.2) is 54.6 Å². The van der Waals surface area contributed by atoms with Gasteiger partial charge in [-0.3, -0.25) is 4.79 Å². The fourth-order valence-corrected chi connectivity index (χ4v) is 2.81. The lowest BCUT2D eigenvalue weighted by atomic mass is 10.0. The molecule has 0 radical (unpaired) electrons. The van der Waals surface area contributed by atoms with Gasteiger partial charge < -0.3 is 10.1 Å². The molecular formula is C19H19NO2. The van der Waals surface area contributed by atoms with Crippen molar-refractivity contribution in [2.24, 2.45) is 0 Å². The Balaban J connectivity index is 1.89. The molecule has 0 aromatic heterocycles. The summed E-state index contributed by atoms with van der Waals surface area (Å²) in [5.74, 6) is 0.432. The lowest BCUT2D eigenvalue weighted by Gasteiger charge is -2.13. The molecule has 0 saturated carbocycles. The number of nitrogens with one attached hydrogen (secondary N) is 1. The molecule has 1 amide bonds. The van der Waals surface area contributed by atoms with Gasteiger partial charge in [0.2, 0.25) is 0 Å². The smallest absolute Gasteiger partial charge is 0.259 e. The topological polar surface area (TPSA) is 38.3 Å². The van der Waals surface area contributed by atoms with Crippen LogP contribution in [0.2, 0.25) is 0 Å². The molecule has 0 fully saturated rings. The predicted molar refractivity (Wildman–Crippen MR) is 89.2 cm³/mol.